The Morgan fingerprint density at radius 1 is 1.56 bits per heavy atom. The Bertz CT molecular complexity index is 354. The molecule has 1 atom stereocenters. The van der Waals surface area contributed by atoms with Crippen molar-refractivity contribution in [3.8, 4) is 0 Å². The number of thiocarbonyl (C=S) groups is 1. The van der Waals surface area contributed by atoms with Gasteiger partial charge in [0.05, 0.1) is 0 Å². The molecule has 4 nitrogen and oxygen atoms in total. The van der Waals surface area contributed by atoms with Gasteiger partial charge in [-0.25, -0.2) is 9.97 Å². The van der Waals surface area contributed by atoms with E-state index >= 15 is 0 Å². The number of hydrogen-bond donors (Lipinski definition) is 1. The van der Waals surface area contributed by atoms with Crippen LogP contribution < -0.4 is 5.32 Å². The molecular weight excluding hydrogens is 222 g/mol. The topological polar surface area (TPSA) is 47.0 Å². The maximum atomic E-state index is 5.32. The summed E-state index contributed by atoms with van der Waals surface area (Å²) in [6.07, 6.45) is 5.65. The van der Waals surface area contributed by atoms with E-state index in [-0.39, 0.29) is 6.10 Å². The summed E-state index contributed by atoms with van der Waals surface area (Å²) >= 11 is 5.29. The van der Waals surface area contributed by atoms with Crippen LogP contribution in [0.15, 0.2) is 18.5 Å². The lowest BCUT2D eigenvalue weighted by Crippen LogP contribution is -2.31. The zero-order valence-corrected chi connectivity index (χ0v) is 10.0. The number of nitrogens with one attached hydrogen (secondary N) is 1. The van der Waals surface area contributed by atoms with E-state index in [9.17, 15) is 0 Å². The van der Waals surface area contributed by atoms with Gasteiger partial charge in [0.15, 0.2) is 11.9 Å². The predicted molar refractivity (Wildman–Crippen MR) is 65.1 cm³/mol. The van der Waals surface area contributed by atoms with Crippen molar-refractivity contribution in [1.82, 2.24) is 15.3 Å². The molecule has 0 spiro atoms. The molecular formula is C11H15N3OS. The fourth-order valence-corrected chi connectivity index (χ4v) is 1.72. The molecule has 1 heterocycles. The fraction of sp³-hybridized carbons (Fsp3) is 0.545. The summed E-state index contributed by atoms with van der Waals surface area (Å²) in [7, 11) is 1.62. The van der Waals surface area contributed by atoms with E-state index in [4.69, 9.17) is 17.0 Å². The molecule has 1 saturated carbocycles. The maximum Gasteiger partial charge on any atom is 0.166 e. The van der Waals surface area contributed by atoms with Crippen LogP contribution in [0.5, 0.6) is 0 Å². The molecule has 1 aliphatic carbocycles. The van der Waals surface area contributed by atoms with Crippen LogP contribution in [0.3, 0.4) is 0 Å². The lowest BCUT2D eigenvalue weighted by atomic mass is 10.3. The molecule has 0 amide bonds. The largest absolute Gasteiger partial charge is 0.377 e. The number of aromatic nitrogens is 2. The van der Waals surface area contributed by atoms with E-state index < -0.39 is 0 Å². The number of ether oxygens (including phenoxy) is 1. The average Bonchev–Trinajstić information content (AvgIpc) is 3.13. The maximum absolute atomic E-state index is 5.32. The van der Waals surface area contributed by atoms with E-state index in [0.29, 0.717) is 10.8 Å². The second-order valence-corrected chi connectivity index (χ2v) is 4.35. The van der Waals surface area contributed by atoms with Crippen LogP contribution in [0.2, 0.25) is 0 Å². The quantitative estimate of drug-likeness (QED) is 0.786. The molecule has 0 radical (unpaired) electrons. The van der Waals surface area contributed by atoms with Crippen molar-refractivity contribution in [2.45, 2.75) is 18.9 Å². The summed E-state index contributed by atoms with van der Waals surface area (Å²) in [4.78, 5) is 8.97. The molecule has 2 rings (SSSR count). The summed E-state index contributed by atoms with van der Waals surface area (Å²) in [6.45, 7) is 0.936. The molecule has 1 N–H and O–H groups in total. The Labute approximate surface area is 100 Å². The Morgan fingerprint density at radius 2 is 2.25 bits per heavy atom. The zero-order chi connectivity index (χ0) is 11.4. The summed E-state index contributed by atoms with van der Waals surface area (Å²) in [5.41, 5.74) is 0. The van der Waals surface area contributed by atoms with Gasteiger partial charge in [-0.1, -0.05) is 12.2 Å². The molecule has 5 heteroatoms. The van der Waals surface area contributed by atoms with Crippen LogP contribution in [0.4, 0.5) is 0 Å². The van der Waals surface area contributed by atoms with Gasteiger partial charge in [0, 0.05) is 26.0 Å². The van der Waals surface area contributed by atoms with E-state index in [1.807, 2.05) is 0 Å². The molecule has 86 valence electrons. The Hall–Kier alpha value is -1.07. The molecule has 16 heavy (non-hydrogen) atoms. The summed E-state index contributed by atoms with van der Waals surface area (Å²) in [5.74, 6) is 1.39. The molecule has 1 aromatic rings. The van der Waals surface area contributed by atoms with Crippen LogP contribution in [0.25, 0.3) is 0 Å². The number of methoxy groups -OCH3 is 1. The highest BCUT2D eigenvalue weighted by Crippen LogP contribution is 2.27. The van der Waals surface area contributed by atoms with Gasteiger partial charge in [0.2, 0.25) is 0 Å². The number of rotatable bonds is 5. The smallest absolute Gasteiger partial charge is 0.166 e. The standard InChI is InChI=1S/C11H15N3OS/c1-15-9(10-12-5-2-6-13-10)11(16)14-7-8-3-4-8/h2,5-6,8-9H,3-4,7H2,1H3,(H,14,16). The van der Waals surface area contributed by atoms with Crippen LogP contribution in [0.1, 0.15) is 24.8 Å². The normalized spacial score (nSPS) is 16.8. The molecule has 0 aliphatic heterocycles. The third-order valence-corrected chi connectivity index (χ3v) is 2.91. The first-order valence-corrected chi connectivity index (χ1v) is 5.79. The van der Waals surface area contributed by atoms with Crippen molar-refractivity contribution in [1.29, 1.82) is 0 Å². The van der Waals surface area contributed by atoms with Gasteiger partial charge < -0.3 is 10.1 Å². The van der Waals surface area contributed by atoms with Crippen molar-refractivity contribution >= 4 is 17.2 Å². The molecule has 0 bridgehead atoms. The fourth-order valence-electron chi connectivity index (χ4n) is 1.44. The lowest BCUT2D eigenvalue weighted by molar-refractivity contribution is 0.149. The minimum absolute atomic E-state index is 0.338. The van der Waals surface area contributed by atoms with Crippen LogP contribution in [0, 0.1) is 5.92 Å². The monoisotopic (exact) mass is 237 g/mol. The van der Waals surface area contributed by atoms with Crippen molar-refractivity contribution < 1.29 is 4.74 Å². The predicted octanol–water partition coefficient (Wildman–Crippen LogP) is 1.49. The highest BCUT2D eigenvalue weighted by Gasteiger charge is 2.24. The van der Waals surface area contributed by atoms with Crippen LogP contribution in [-0.4, -0.2) is 28.6 Å². The van der Waals surface area contributed by atoms with Crippen LogP contribution in [-0.2, 0) is 4.74 Å². The molecule has 1 aromatic heterocycles. The molecule has 0 saturated heterocycles. The van der Waals surface area contributed by atoms with Crippen molar-refractivity contribution in [2.75, 3.05) is 13.7 Å². The number of nitrogens with zero attached hydrogens (tertiary/aromatic N) is 2. The Morgan fingerprint density at radius 3 is 2.81 bits per heavy atom. The van der Waals surface area contributed by atoms with Gasteiger partial charge in [-0.2, -0.15) is 0 Å². The van der Waals surface area contributed by atoms with Gasteiger partial charge in [-0.3, -0.25) is 0 Å². The minimum Gasteiger partial charge on any atom is -0.377 e. The lowest BCUT2D eigenvalue weighted by Gasteiger charge is -2.16. The third kappa shape index (κ3) is 2.96. The minimum atomic E-state index is -0.338. The van der Waals surface area contributed by atoms with Crippen molar-refractivity contribution in [3.05, 3.63) is 24.3 Å². The summed E-state index contributed by atoms with van der Waals surface area (Å²) < 4.78 is 5.32. The van der Waals surface area contributed by atoms with Crippen molar-refractivity contribution in [3.63, 3.8) is 0 Å². The molecule has 1 fully saturated rings. The van der Waals surface area contributed by atoms with E-state index in [0.717, 1.165) is 12.5 Å². The third-order valence-electron chi connectivity index (χ3n) is 2.56. The van der Waals surface area contributed by atoms with E-state index in [1.165, 1.54) is 12.8 Å². The van der Waals surface area contributed by atoms with Crippen LogP contribution >= 0.6 is 12.2 Å². The zero-order valence-electron chi connectivity index (χ0n) is 9.22. The van der Waals surface area contributed by atoms with Crippen molar-refractivity contribution in [2.24, 2.45) is 5.92 Å². The highest BCUT2D eigenvalue weighted by molar-refractivity contribution is 7.80. The van der Waals surface area contributed by atoms with E-state index in [1.54, 1.807) is 25.6 Å². The molecule has 0 aromatic carbocycles. The highest BCUT2D eigenvalue weighted by atomic mass is 32.1. The second kappa shape index (κ2) is 5.32. The first-order valence-electron chi connectivity index (χ1n) is 5.38. The average molecular weight is 237 g/mol. The first-order chi connectivity index (χ1) is 7.81. The van der Waals surface area contributed by atoms with Gasteiger partial charge in [-0.15, -0.1) is 0 Å². The van der Waals surface area contributed by atoms with Gasteiger partial charge in [-0.05, 0) is 24.8 Å². The Kier molecular flexibility index (Phi) is 3.79. The SMILES string of the molecule is COC(C(=S)NCC1CC1)c1ncccn1. The second-order valence-electron chi connectivity index (χ2n) is 3.91. The van der Waals surface area contributed by atoms with Gasteiger partial charge in [0.25, 0.3) is 0 Å². The first kappa shape index (κ1) is 11.4. The molecule has 1 aliphatic rings. The summed E-state index contributed by atoms with van der Waals surface area (Å²) in [5, 5.41) is 3.22. The summed E-state index contributed by atoms with van der Waals surface area (Å²) in [6, 6.07) is 1.77. The number of hydrogen-bond acceptors (Lipinski definition) is 4. The Balaban J connectivity index is 1.95. The van der Waals surface area contributed by atoms with Gasteiger partial charge >= 0.3 is 0 Å². The van der Waals surface area contributed by atoms with E-state index in [2.05, 4.69) is 15.3 Å². The van der Waals surface area contributed by atoms with Gasteiger partial charge in [0.1, 0.15) is 4.99 Å². The molecule has 1 unspecified atom stereocenters.